The zero-order chi connectivity index (χ0) is 32.6. The number of hydrogen-bond acceptors (Lipinski definition) is 4. The van der Waals surface area contributed by atoms with Crippen LogP contribution >= 0.6 is 23.2 Å². The normalized spacial score (nSPS) is 12.6. The molecule has 1 N–H and O–H groups in total. The first-order chi connectivity index (χ1) is 21.5. The summed E-state index contributed by atoms with van der Waals surface area (Å²) in [7, 11) is -4.30. The lowest BCUT2D eigenvalue weighted by Crippen LogP contribution is -2.54. The van der Waals surface area contributed by atoms with E-state index in [9.17, 15) is 22.4 Å². The van der Waals surface area contributed by atoms with Gasteiger partial charge in [0.2, 0.25) is 11.8 Å². The molecule has 0 aliphatic heterocycles. The number of rotatable bonds is 13. The van der Waals surface area contributed by atoms with Crippen molar-refractivity contribution in [3.05, 3.63) is 130 Å². The third kappa shape index (κ3) is 9.06. The summed E-state index contributed by atoms with van der Waals surface area (Å²) in [4.78, 5) is 29.5. The molecule has 0 fully saturated rings. The number of carbonyl (C=O) groups is 2. The van der Waals surface area contributed by atoms with E-state index < -0.39 is 40.2 Å². The first-order valence-electron chi connectivity index (χ1n) is 14.4. The maximum Gasteiger partial charge on any atom is 0.264 e. The summed E-state index contributed by atoms with van der Waals surface area (Å²) in [6.07, 6.45) is 0.828. The number of amides is 2. The average molecular weight is 671 g/mol. The van der Waals surface area contributed by atoms with Crippen LogP contribution in [0.1, 0.15) is 31.4 Å². The van der Waals surface area contributed by atoms with Crippen molar-refractivity contribution < 1.29 is 22.4 Å². The van der Waals surface area contributed by atoms with Crippen LogP contribution in [-0.2, 0) is 32.6 Å². The Morgan fingerprint density at radius 1 is 0.844 bits per heavy atom. The fraction of sp³-hybridized carbons (Fsp3) is 0.235. The van der Waals surface area contributed by atoms with E-state index >= 15 is 0 Å². The number of nitrogens with zero attached hydrogens (tertiary/aromatic N) is 2. The third-order valence-corrected chi connectivity index (χ3v) is 9.59. The van der Waals surface area contributed by atoms with Crippen molar-refractivity contribution in [2.24, 2.45) is 0 Å². The van der Waals surface area contributed by atoms with Crippen LogP contribution < -0.4 is 9.62 Å². The summed E-state index contributed by atoms with van der Waals surface area (Å²) < 4.78 is 42.9. The fourth-order valence-electron chi connectivity index (χ4n) is 4.68. The van der Waals surface area contributed by atoms with E-state index in [1.54, 1.807) is 12.1 Å². The molecule has 0 aliphatic rings. The molecule has 0 spiro atoms. The number of halogens is 3. The van der Waals surface area contributed by atoms with Crippen molar-refractivity contribution in [3.8, 4) is 0 Å². The first kappa shape index (κ1) is 34.0. The van der Waals surface area contributed by atoms with Gasteiger partial charge in [-0.05, 0) is 79.1 Å². The van der Waals surface area contributed by atoms with Crippen molar-refractivity contribution >= 4 is 50.7 Å². The van der Waals surface area contributed by atoms with E-state index in [1.807, 2.05) is 44.2 Å². The van der Waals surface area contributed by atoms with Gasteiger partial charge in [0, 0.05) is 29.1 Å². The Balaban J connectivity index is 1.80. The number of anilines is 1. The van der Waals surface area contributed by atoms with Crippen LogP contribution in [0.3, 0.4) is 0 Å². The maximum atomic E-state index is 14.4. The largest absolute Gasteiger partial charge is 0.352 e. The molecule has 0 radical (unpaired) electrons. The van der Waals surface area contributed by atoms with Crippen LogP contribution in [-0.4, -0.2) is 43.8 Å². The summed E-state index contributed by atoms with van der Waals surface area (Å²) in [5.41, 5.74) is 1.53. The molecule has 0 aromatic heterocycles. The van der Waals surface area contributed by atoms with Crippen molar-refractivity contribution in [1.82, 2.24) is 10.2 Å². The molecule has 0 heterocycles. The first-order valence-corrected chi connectivity index (χ1v) is 16.6. The molecule has 0 saturated carbocycles. The third-order valence-electron chi connectivity index (χ3n) is 7.31. The number of benzene rings is 4. The van der Waals surface area contributed by atoms with Gasteiger partial charge in [-0.2, -0.15) is 0 Å². The lowest BCUT2D eigenvalue weighted by Gasteiger charge is -2.34. The van der Waals surface area contributed by atoms with E-state index in [-0.39, 0.29) is 34.6 Å². The molecule has 0 aliphatic carbocycles. The second-order valence-corrected chi connectivity index (χ2v) is 13.4. The zero-order valence-electron chi connectivity index (χ0n) is 24.9. The Labute approximate surface area is 273 Å². The zero-order valence-corrected chi connectivity index (χ0v) is 27.2. The molecule has 0 unspecified atom stereocenters. The lowest BCUT2D eigenvalue weighted by atomic mass is 10.0. The van der Waals surface area contributed by atoms with Gasteiger partial charge in [0.15, 0.2) is 0 Å². The summed E-state index contributed by atoms with van der Waals surface area (Å²) in [5.74, 6) is -1.48. The van der Waals surface area contributed by atoms with Gasteiger partial charge in [-0.25, -0.2) is 12.8 Å². The van der Waals surface area contributed by atoms with E-state index in [0.29, 0.717) is 17.0 Å². The highest BCUT2D eigenvalue weighted by molar-refractivity contribution is 7.92. The summed E-state index contributed by atoms with van der Waals surface area (Å²) in [6.45, 7) is 3.08. The van der Waals surface area contributed by atoms with E-state index in [2.05, 4.69) is 5.32 Å². The summed E-state index contributed by atoms with van der Waals surface area (Å²) >= 11 is 12.3. The SMILES string of the molecule is CC[C@@H](C)NC(=O)[C@@H](Cc1ccccc1)N(Cc1ccc(F)cc1)C(=O)CN(c1cccc(Cl)c1)S(=O)(=O)c1ccc(Cl)cc1. The molecule has 11 heteroatoms. The van der Waals surface area contributed by atoms with E-state index in [1.165, 1.54) is 65.6 Å². The summed E-state index contributed by atoms with van der Waals surface area (Å²) in [6, 6.07) is 25.4. The second-order valence-electron chi connectivity index (χ2n) is 10.6. The number of sulfonamides is 1. The van der Waals surface area contributed by atoms with Crippen LogP contribution in [0.2, 0.25) is 10.0 Å². The second kappa shape index (κ2) is 15.4. The number of nitrogens with one attached hydrogen (secondary N) is 1. The Morgan fingerprint density at radius 3 is 2.13 bits per heavy atom. The molecule has 0 saturated heterocycles. The van der Waals surface area contributed by atoms with Crippen LogP contribution in [0.5, 0.6) is 0 Å². The smallest absolute Gasteiger partial charge is 0.264 e. The highest BCUT2D eigenvalue weighted by atomic mass is 35.5. The molecule has 2 atom stereocenters. The van der Waals surface area contributed by atoms with Gasteiger partial charge >= 0.3 is 0 Å². The average Bonchev–Trinajstić information content (AvgIpc) is 3.02. The molecule has 7 nitrogen and oxygen atoms in total. The van der Waals surface area contributed by atoms with Crippen molar-refractivity contribution in [1.29, 1.82) is 0 Å². The lowest BCUT2D eigenvalue weighted by molar-refractivity contribution is -0.140. The van der Waals surface area contributed by atoms with Gasteiger partial charge in [-0.1, -0.05) is 78.7 Å². The Kier molecular flexibility index (Phi) is 11.6. The van der Waals surface area contributed by atoms with Gasteiger partial charge in [0.25, 0.3) is 10.0 Å². The molecule has 4 aromatic rings. The van der Waals surface area contributed by atoms with Crippen LogP contribution in [0.25, 0.3) is 0 Å². The van der Waals surface area contributed by atoms with Crippen LogP contribution in [0, 0.1) is 5.82 Å². The molecule has 236 valence electrons. The minimum Gasteiger partial charge on any atom is -0.352 e. The maximum absolute atomic E-state index is 14.4. The van der Waals surface area contributed by atoms with Crippen LogP contribution in [0.4, 0.5) is 10.1 Å². The molecule has 0 bridgehead atoms. The van der Waals surface area contributed by atoms with Gasteiger partial charge in [-0.3, -0.25) is 13.9 Å². The van der Waals surface area contributed by atoms with Gasteiger partial charge in [0.05, 0.1) is 10.6 Å². The monoisotopic (exact) mass is 669 g/mol. The minimum absolute atomic E-state index is 0.0745. The molecule has 2 amide bonds. The van der Waals surface area contributed by atoms with E-state index in [4.69, 9.17) is 23.2 Å². The van der Waals surface area contributed by atoms with Gasteiger partial charge < -0.3 is 10.2 Å². The Morgan fingerprint density at radius 2 is 1.51 bits per heavy atom. The number of hydrogen-bond donors (Lipinski definition) is 1. The highest BCUT2D eigenvalue weighted by Crippen LogP contribution is 2.28. The molecular formula is C34H34Cl2FN3O4S. The van der Waals surface area contributed by atoms with Gasteiger partial charge in [-0.15, -0.1) is 0 Å². The van der Waals surface area contributed by atoms with Crippen molar-refractivity contribution in [2.45, 2.75) is 50.2 Å². The Hall–Kier alpha value is -3.92. The molecule has 4 aromatic carbocycles. The van der Waals surface area contributed by atoms with Gasteiger partial charge in [0.1, 0.15) is 18.4 Å². The van der Waals surface area contributed by atoms with Crippen LogP contribution in [0.15, 0.2) is 108 Å². The predicted molar refractivity (Wildman–Crippen MR) is 176 cm³/mol. The minimum atomic E-state index is -4.30. The standard InChI is InChI=1S/C34H34Cl2FN3O4S/c1-3-24(2)38-34(42)32(20-25-8-5-4-6-9-25)39(22-26-12-16-29(37)17-13-26)33(41)23-40(30-11-7-10-28(36)21-30)45(43,44)31-18-14-27(35)15-19-31/h4-19,21,24,32H,3,20,22-23H2,1-2H3,(H,38,42)/t24-,32-/m1/s1. The molecule has 45 heavy (non-hydrogen) atoms. The van der Waals surface area contributed by atoms with Crippen molar-refractivity contribution in [3.63, 3.8) is 0 Å². The van der Waals surface area contributed by atoms with Crippen molar-refractivity contribution in [2.75, 3.05) is 10.8 Å². The summed E-state index contributed by atoms with van der Waals surface area (Å²) in [5, 5.41) is 3.60. The molecule has 4 rings (SSSR count). The predicted octanol–water partition coefficient (Wildman–Crippen LogP) is 6.88. The quantitative estimate of drug-likeness (QED) is 0.168. The highest BCUT2D eigenvalue weighted by Gasteiger charge is 2.35. The molecular weight excluding hydrogens is 636 g/mol. The number of carbonyl (C=O) groups excluding carboxylic acids is 2. The fourth-order valence-corrected chi connectivity index (χ4v) is 6.39. The van der Waals surface area contributed by atoms with E-state index in [0.717, 1.165) is 9.87 Å². The topological polar surface area (TPSA) is 86.8 Å². The Bertz CT molecular complexity index is 1710.